The van der Waals surface area contributed by atoms with Crippen molar-refractivity contribution in [2.75, 3.05) is 23.7 Å². The molecule has 1 aliphatic carbocycles. The third-order valence-electron chi connectivity index (χ3n) is 7.53. The minimum absolute atomic E-state index is 0.0977. The lowest BCUT2D eigenvalue weighted by Crippen LogP contribution is -2.45. The maximum atomic E-state index is 6.77. The highest BCUT2D eigenvalue weighted by atomic mass is 35.5. The van der Waals surface area contributed by atoms with Gasteiger partial charge in [-0.05, 0) is 48.8 Å². The molecule has 1 spiro atoms. The van der Waals surface area contributed by atoms with Crippen LogP contribution in [0.2, 0.25) is 5.02 Å². The van der Waals surface area contributed by atoms with Crippen molar-refractivity contribution in [3.8, 4) is 11.1 Å². The van der Waals surface area contributed by atoms with Gasteiger partial charge in [0.15, 0.2) is 0 Å². The summed E-state index contributed by atoms with van der Waals surface area (Å²) in [5, 5.41) is 0.426. The number of aromatic nitrogens is 4. The minimum Gasteiger partial charge on any atom is -0.382 e. The summed E-state index contributed by atoms with van der Waals surface area (Å²) in [5.74, 6) is 1.21. The monoisotopic (exact) mass is 459 g/mol. The maximum absolute atomic E-state index is 6.77. The fourth-order valence-electron chi connectivity index (χ4n) is 5.72. The van der Waals surface area contributed by atoms with Crippen LogP contribution in [0.1, 0.15) is 35.7 Å². The molecule has 0 radical (unpaired) electrons. The van der Waals surface area contributed by atoms with Crippen LogP contribution in [0, 0.1) is 12.3 Å². The van der Waals surface area contributed by atoms with Crippen LogP contribution >= 0.6 is 11.6 Å². The zero-order valence-electron chi connectivity index (χ0n) is 18.5. The predicted molar refractivity (Wildman–Crippen MR) is 131 cm³/mol. The smallest absolute Gasteiger partial charge is 0.211 e. The SMILES string of the molecule is Cc1nc(N2CCC3(CC2)Cc2ccccc2[C@H]3N)n2ccnc2c1-c1ccnc(N)c1Cl. The van der Waals surface area contributed by atoms with Crippen LogP contribution in [0.15, 0.2) is 48.9 Å². The molecule has 1 fully saturated rings. The summed E-state index contributed by atoms with van der Waals surface area (Å²) >= 11 is 6.50. The number of imidazole rings is 1. The number of fused-ring (bicyclic) bond motifs is 2. The zero-order chi connectivity index (χ0) is 22.7. The van der Waals surface area contributed by atoms with Gasteiger partial charge in [0.25, 0.3) is 0 Å². The number of piperidine rings is 1. The summed E-state index contributed by atoms with van der Waals surface area (Å²) in [6.45, 7) is 3.81. The van der Waals surface area contributed by atoms with E-state index in [0.29, 0.717) is 10.8 Å². The molecule has 3 aromatic heterocycles. The summed E-state index contributed by atoms with van der Waals surface area (Å²) < 4.78 is 2.05. The number of halogens is 1. The average Bonchev–Trinajstić information content (AvgIpc) is 3.40. The van der Waals surface area contributed by atoms with Crippen LogP contribution < -0.4 is 16.4 Å². The Morgan fingerprint density at radius 1 is 1.09 bits per heavy atom. The first-order valence-corrected chi connectivity index (χ1v) is 11.7. The molecule has 1 atom stereocenters. The normalized spacial score (nSPS) is 19.4. The van der Waals surface area contributed by atoms with Gasteiger partial charge in [0.1, 0.15) is 11.5 Å². The Kier molecular flexibility index (Phi) is 4.61. The summed E-state index contributed by atoms with van der Waals surface area (Å²) in [5.41, 5.74) is 18.9. The second kappa shape index (κ2) is 7.43. The summed E-state index contributed by atoms with van der Waals surface area (Å²) in [6.07, 6.45) is 8.56. The van der Waals surface area contributed by atoms with Crippen molar-refractivity contribution < 1.29 is 0 Å². The number of hydrogen-bond donors (Lipinski definition) is 2. The standard InChI is InChI=1S/C25H26ClN7/c1-15-19(18-6-9-29-22(28)20(18)26)23-30-10-13-33(23)24(31-15)32-11-7-25(8-12-32)14-16-4-2-3-5-17(16)21(25)27/h2-6,9-10,13,21H,7-8,11-12,14,27H2,1H3,(H2,28,29)/t21-/m1/s1. The molecule has 8 heteroatoms. The van der Waals surface area contributed by atoms with Crippen molar-refractivity contribution in [2.45, 2.75) is 32.2 Å². The van der Waals surface area contributed by atoms with Gasteiger partial charge in [0.2, 0.25) is 5.95 Å². The summed E-state index contributed by atoms with van der Waals surface area (Å²) in [6, 6.07) is 10.6. The molecule has 0 unspecified atom stereocenters. The Bertz CT molecular complexity index is 1370. The Morgan fingerprint density at radius 3 is 2.67 bits per heavy atom. The highest BCUT2D eigenvalue weighted by Gasteiger charge is 2.46. The van der Waals surface area contributed by atoms with Gasteiger partial charge in [-0.2, -0.15) is 0 Å². The molecule has 0 bridgehead atoms. The Morgan fingerprint density at radius 2 is 1.88 bits per heavy atom. The van der Waals surface area contributed by atoms with E-state index in [1.807, 2.05) is 19.2 Å². The van der Waals surface area contributed by atoms with Crippen molar-refractivity contribution in [1.82, 2.24) is 19.4 Å². The lowest BCUT2D eigenvalue weighted by Gasteiger charge is -2.42. The first kappa shape index (κ1) is 20.4. The van der Waals surface area contributed by atoms with E-state index in [1.54, 1.807) is 12.4 Å². The lowest BCUT2D eigenvalue weighted by molar-refractivity contribution is 0.187. The molecule has 4 aromatic rings. The van der Waals surface area contributed by atoms with E-state index in [9.17, 15) is 0 Å². The number of nitrogens with two attached hydrogens (primary N) is 2. The van der Waals surface area contributed by atoms with Crippen molar-refractivity contribution in [2.24, 2.45) is 11.1 Å². The number of anilines is 2. The van der Waals surface area contributed by atoms with E-state index in [2.05, 4.69) is 43.5 Å². The summed E-state index contributed by atoms with van der Waals surface area (Å²) in [7, 11) is 0. The van der Waals surface area contributed by atoms with Crippen LogP contribution in [0.5, 0.6) is 0 Å². The van der Waals surface area contributed by atoms with Crippen molar-refractivity contribution >= 4 is 29.0 Å². The first-order chi connectivity index (χ1) is 16.0. The van der Waals surface area contributed by atoms with E-state index in [-0.39, 0.29) is 11.5 Å². The van der Waals surface area contributed by atoms with Crippen molar-refractivity contribution in [1.29, 1.82) is 0 Å². The maximum Gasteiger partial charge on any atom is 0.211 e. The van der Waals surface area contributed by atoms with Crippen molar-refractivity contribution in [3.63, 3.8) is 0 Å². The van der Waals surface area contributed by atoms with Crippen LogP contribution in [0.3, 0.4) is 0 Å². The molecular weight excluding hydrogens is 434 g/mol. The minimum atomic E-state index is 0.0977. The Balaban J connectivity index is 1.34. The van der Waals surface area contributed by atoms with E-state index in [4.69, 9.17) is 28.1 Å². The first-order valence-electron chi connectivity index (χ1n) is 11.3. The molecule has 7 nitrogen and oxygen atoms in total. The third kappa shape index (κ3) is 3.03. The molecule has 1 aromatic carbocycles. The Labute approximate surface area is 197 Å². The molecule has 0 saturated carbocycles. The highest BCUT2D eigenvalue weighted by molar-refractivity contribution is 6.35. The van der Waals surface area contributed by atoms with E-state index in [0.717, 1.165) is 60.8 Å². The second-order valence-corrected chi connectivity index (χ2v) is 9.63. The van der Waals surface area contributed by atoms with Crippen LogP contribution in [0.25, 0.3) is 16.8 Å². The molecule has 4 N–H and O–H groups in total. The molecule has 2 aliphatic rings. The highest BCUT2D eigenvalue weighted by Crippen LogP contribution is 2.51. The van der Waals surface area contributed by atoms with Gasteiger partial charge in [-0.3, -0.25) is 4.40 Å². The molecular formula is C25H26ClN7. The Hall–Kier alpha value is -3.16. The number of nitrogens with zero attached hydrogens (tertiary/aromatic N) is 5. The molecule has 1 aliphatic heterocycles. The van der Waals surface area contributed by atoms with Crippen LogP contribution in [-0.4, -0.2) is 32.4 Å². The number of nitrogen functional groups attached to an aromatic ring is 1. The number of pyridine rings is 1. The predicted octanol–water partition coefficient (Wildman–Crippen LogP) is 4.18. The second-order valence-electron chi connectivity index (χ2n) is 9.25. The number of aryl methyl sites for hydroxylation is 1. The largest absolute Gasteiger partial charge is 0.382 e. The number of hydrogen-bond acceptors (Lipinski definition) is 6. The van der Waals surface area contributed by atoms with Gasteiger partial charge in [0.05, 0.1) is 10.7 Å². The third-order valence-corrected chi connectivity index (χ3v) is 7.93. The molecule has 4 heterocycles. The molecule has 1 saturated heterocycles. The molecule has 6 rings (SSSR count). The average molecular weight is 460 g/mol. The number of benzene rings is 1. The number of rotatable bonds is 2. The fraction of sp³-hybridized carbons (Fsp3) is 0.320. The lowest BCUT2D eigenvalue weighted by atomic mass is 9.73. The van der Waals surface area contributed by atoms with Crippen LogP contribution in [0.4, 0.5) is 11.8 Å². The molecule has 33 heavy (non-hydrogen) atoms. The van der Waals surface area contributed by atoms with Gasteiger partial charge in [-0.1, -0.05) is 35.9 Å². The van der Waals surface area contributed by atoms with E-state index in [1.165, 1.54) is 11.1 Å². The van der Waals surface area contributed by atoms with E-state index < -0.39 is 0 Å². The summed E-state index contributed by atoms with van der Waals surface area (Å²) in [4.78, 5) is 16.1. The van der Waals surface area contributed by atoms with Gasteiger partial charge in [0, 0.05) is 48.8 Å². The molecule has 168 valence electrons. The van der Waals surface area contributed by atoms with Gasteiger partial charge >= 0.3 is 0 Å². The van der Waals surface area contributed by atoms with Crippen LogP contribution in [-0.2, 0) is 6.42 Å². The van der Waals surface area contributed by atoms with Gasteiger partial charge in [-0.15, -0.1) is 0 Å². The van der Waals surface area contributed by atoms with Gasteiger partial charge < -0.3 is 16.4 Å². The van der Waals surface area contributed by atoms with Crippen molar-refractivity contribution in [3.05, 3.63) is 70.8 Å². The zero-order valence-corrected chi connectivity index (χ0v) is 19.3. The van der Waals surface area contributed by atoms with E-state index >= 15 is 0 Å². The molecule has 0 amide bonds. The quantitative estimate of drug-likeness (QED) is 0.466. The van der Waals surface area contributed by atoms with Gasteiger partial charge in [-0.25, -0.2) is 15.0 Å². The topological polar surface area (TPSA) is 98.4 Å². The fourth-order valence-corrected chi connectivity index (χ4v) is 5.93.